The topological polar surface area (TPSA) is 69.4 Å². The van der Waals surface area contributed by atoms with Crippen LogP contribution in [0.4, 0.5) is 5.00 Å². The van der Waals surface area contributed by atoms with Gasteiger partial charge >= 0.3 is 5.97 Å². The number of ether oxygens (including phenoxy) is 1. The smallest absolute Gasteiger partial charge is 0.337 e. The summed E-state index contributed by atoms with van der Waals surface area (Å²) in [6.07, 6.45) is 0. The van der Waals surface area contributed by atoms with Crippen molar-refractivity contribution >= 4 is 28.1 Å². The van der Waals surface area contributed by atoms with E-state index in [2.05, 4.69) is 4.74 Å². The molecular weight excluding hydrogens is 250 g/mol. The highest BCUT2D eigenvalue weighted by Gasteiger charge is 2.14. The van der Waals surface area contributed by atoms with E-state index >= 15 is 0 Å². The maximum absolute atomic E-state index is 12.1. The minimum Gasteiger partial charge on any atom is -0.465 e. The van der Waals surface area contributed by atoms with Gasteiger partial charge in [-0.25, -0.2) is 4.79 Å². The zero-order valence-electron chi connectivity index (χ0n) is 9.67. The van der Waals surface area contributed by atoms with Crippen LogP contribution in [-0.4, -0.2) is 18.9 Å². The second kappa shape index (κ2) is 5.01. The molecule has 0 saturated carbocycles. The number of carbonyl (C=O) groups is 2. The monoisotopic (exact) mass is 261 g/mol. The molecule has 0 aliphatic carbocycles. The summed E-state index contributed by atoms with van der Waals surface area (Å²) in [7, 11) is 1.31. The maximum Gasteiger partial charge on any atom is 0.337 e. The van der Waals surface area contributed by atoms with Gasteiger partial charge in [-0.15, -0.1) is 11.3 Å². The molecule has 0 saturated heterocycles. The fraction of sp³-hybridized carbons (Fsp3) is 0.0769. The van der Waals surface area contributed by atoms with Gasteiger partial charge in [-0.1, -0.05) is 12.1 Å². The standard InChI is InChI=1S/C13H11NO3S/c1-17-13(16)9-4-2-8(3-5-9)11(15)10-6-7-18-12(10)14/h2-7H,14H2,1H3. The van der Waals surface area contributed by atoms with Crippen LogP contribution in [0.15, 0.2) is 35.7 Å². The summed E-state index contributed by atoms with van der Waals surface area (Å²) < 4.78 is 4.59. The number of benzene rings is 1. The maximum atomic E-state index is 12.1. The number of esters is 1. The van der Waals surface area contributed by atoms with Crippen molar-refractivity contribution in [3.8, 4) is 0 Å². The first-order valence-corrected chi connectivity index (χ1v) is 6.07. The predicted octanol–water partition coefficient (Wildman–Crippen LogP) is 2.35. The van der Waals surface area contributed by atoms with Crippen LogP contribution in [0.25, 0.3) is 0 Å². The van der Waals surface area contributed by atoms with Gasteiger partial charge in [0.1, 0.15) is 0 Å². The van der Waals surface area contributed by atoms with Crippen molar-refractivity contribution in [3.63, 3.8) is 0 Å². The molecule has 0 fully saturated rings. The molecule has 0 bridgehead atoms. The summed E-state index contributed by atoms with van der Waals surface area (Å²) in [6, 6.07) is 7.98. The average molecular weight is 261 g/mol. The van der Waals surface area contributed by atoms with Crippen molar-refractivity contribution in [2.24, 2.45) is 0 Å². The van der Waals surface area contributed by atoms with Crippen LogP contribution >= 0.6 is 11.3 Å². The molecule has 0 amide bonds. The summed E-state index contributed by atoms with van der Waals surface area (Å²) in [6.45, 7) is 0. The summed E-state index contributed by atoms with van der Waals surface area (Å²) in [5.74, 6) is -0.575. The Bertz CT molecular complexity index is 587. The van der Waals surface area contributed by atoms with Gasteiger partial charge in [-0.3, -0.25) is 4.79 Å². The second-order valence-corrected chi connectivity index (χ2v) is 4.54. The van der Waals surface area contributed by atoms with Crippen molar-refractivity contribution in [2.75, 3.05) is 12.8 Å². The van der Waals surface area contributed by atoms with Crippen LogP contribution in [0.5, 0.6) is 0 Å². The van der Waals surface area contributed by atoms with E-state index in [9.17, 15) is 9.59 Å². The Balaban J connectivity index is 2.28. The highest BCUT2D eigenvalue weighted by atomic mass is 32.1. The zero-order valence-corrected chi connectivity index (χ0v) is 10.5. The lowest BCUT2D eigenvalue weighted by molar-refractivity contribution is 0.0600. The molecule has 2 aromatic rings. The second-order valence-electron chi connectivity index (χ2n) is 3.60. The number of anilines is 1. The summed E-state index contributed by atoms with van der Waals surface area (Å²) in [5.41, 5.74) is 7.10. The molecular formula is C13H11NO3S. The fourth-order valence-electron chi connectivity index (χ4n) is 1.54. The predicted molar refractivity (Wildman–Crippen MR) is 69.9 cm³/mol. The molecule has 92 valence electrons. The van der Waals surface area contributed by atoms with Crippen LogP contribution in [0.1, 0.15) is 26.3 Å². The summed E-state index contributed by atoms with van der Waals surface area (Å²) in [5, 5.41) is 2.27. The van der Waals surface area contributed by atoms with E-state index in [1.165, 1.54) is 18.4 Å². The van der Waals surface area contributed by atoms with Crippen molar-refractivity contribution in [3.05, 3.63) is 52.4 Å². The van der Waals surface area contributed by atoms with Crippen LogP contribution < -0.4 is 5.73 Å². The average Bonchev–Trinajstić information content (AvgIpc) is 2.83. The molecule has 0 spiro atoms. The summed E-state index contributed by atoms with van der Waals surface area (Å²) in [4.78, 5) is 23.3. The number of nitrogen functional groups attached to an aromatic ring is 1. The zero-order chi connectivity index (χ0) is 13.1. The number of hydrogen-bond acceptors (Lipinski definition) is 5. The van der Waals surface area contributed by atoms with Crippen molar-refractivity contribution in [2.45, 2.75) is 0 Å². The van der Waals surface area contributed by atoms with Gasteiger partial charge in [-0.05, 0) is 23.6 Å². The van der Waals surface area contributed by atoms with E-state index in [-0.39, 0.29) is 5.78 Å². The molecule has 0 aliphatic rings. The van der Waals surface area contributed by atoms with Gasteiger partial charge in [-0.2, -0.15) is 0 Å². The van der Waals surface area contributed by atoms with E-state index in [0.717, 1.165) is 0 Å². The molecule has 0 atom stereocenters. The van der Waals surface area contributed by atoms with Gasteiger partial charge in [0.05, 0.1) is 23.2 Å². The fourth-order valence-corrected chi connectivity index (χ4v) is 2.18. The Morgan fingerprint density at radius 1 is 1.11 bits per heavy atom. The van der Waals surface area contributed by atoms with Gasteiger partial charge < -0.3 is 10.5 Å². The molecule has 0 aliphatic heterocycles. The van der Waals surface area contributed by atoms with Crippen molar-refractivity contribution in [1.29, 1.82) is 0 Å². The number of thiophene rings is 1. The highest BCUT2D eigenvalue weighted by Crippen LogP contribution is 2.22. The number of ketones is 1. The molecule has 0 radical (unpaired) electrons. The molecule has 1 heterocycles. The molecule has 5 heteroatoms. The minimum absolute atomic E-state index is 0.148. The largest absolute Gasteiger partial charge is 0.465 e. The number of methoxy groups -OCH3 is 1. The number of nitrogens with two attached hydrogens (primary N) is 1. The summed E-state index contributed by atoms with van der Waals surface area (Å²) >= 11 is 1.32. The third-order valence-corrected chi connectivity index (χ3v) is 3.25. The lowest BCUT2D eigenvalue weighted by atomic mass is 10.0. The first-order chi connectivity index (χ1) is 8.63. The quantitative estimate of drug-likeness (QED) is 0.680. The first kappa shape index (κ1) is 12.3. The lowest BCUT2D eigenvalue weighted by Crippen LogP contribution is -2.05. The SMILES string of the molecule is COC(=O)c1ccc(C(=O)c2ccsc2N)cc1. The first-order valence-electron chi connectivity index (χ1n) is 5.19. The van der Waals surface area contributed by atoms with E-state index < -0.39 is 5.97 Å². The Morgan fingerprint density at radius 3 is 2.22 bits per heavy atom. The third-order valence-electron chi connectivity index (χ3n) is 2.51. The number of rotatable bonds is 3. The Morgan fingerprint density at radius 2 is 1.72 bits per heavy atom. The Hall–Kier alpha value is -2.14. The molecule has 2 rings (SSSR count). The highest BCUT2D eigenvalue weighted by molar-refractivity contribution is 7.14. The van der Waals surface area contributed by atoms with E-state index in [1.54, 1.807) is 35.7 Å². The van der Waals surface area contributed by atoms with Crippen molar-refractivity contribution < 1.29 is 14.3 Å². The molecule has 1 aromatic carbocycles. The van der Waals surface area contributed by atoms with Crippen LogP contribution in [0.2, 0.25) is 0 Å². The van der Waals surface area contributed by atoms with Crippen LogP contribution in [0.3, 0.4) is 0 Å². The molecule has 2 N–H and O–H groups in total. The molecule has 0 unspecified atom stereocenters. The van der Waals surface area contributed by atoms with Gasteiger partial charge in [0.15, 0.2) is 5.78 Å². The lowest BCUT2D eigenvalue weighted by Gasteiger charge is -2.02. The minimum atomic E-state index is -0.427. The number of hydrogen-bond donors (Lipinski definition) is 1. The Labute approximate surface area is 108 Å². The van der Waals surface area contributed by atoms with Gasteiger partial charge in [0.25, 0.3) is 0 Å². The van der Waals surface area contributed by atoms with Crippen LogP contribution in [0, 0.1) is 0 Å². The third kappa shape index (κ3) is 2.26. The van der Waals surface area contributed by atoms with Crippen molar-refractivity contribution in [1.82, 2.24) is 0 Å². The number of carbonyl (C=O) groups excluding carboxylic acids is 2. The van der Waals surface area contributed by atoms with Crippen LogP contribution in [-0.2, 0) is 4.74 Å². The van der Waals surface area contributed by atoms with E-state index in [4.69, 9.17) is 5.73 Å². The van der Waals surface area contributed by atoms with Gasteiger partial charge in [0, 0.05) is 5.56 Å². The molecule has 4 nitrogen and oxygen atoms in total. The Kier molecular flexibility index (Phi) is 3.43. The molecule has 1 aromatic heterocycles. The van der Waals surface area contributed by atoms with E-state index in [1.807, 2.05) is 0 Å². The molecule has 18 heavy (non-hydrogen) atoms. The van der Waals surface area contributed by atoms with E-state index in [0.29, 0.717) is 21.7 Å². The van der Waals surface area contributed by atoms with Gasteiger partial charge in [0.2, 0.25) is 0 Å². The normalized spacial score (nSPS) is 10.1.